The first kappa shape index (κ1) is 17.0. The molecule has 1 aromatic carbocycles. The van der Waals surface area contributed by atoms with Crippen LogP contribution >= 0.6 is 0 Å². The Morgan fingerprint density at radius 2 is 1.84 bits per heavy atom. The highest BCUT2D eigenvalue weighted by Gasteiger charge is 2.59. The quantitative estimate of drug-likeness (QED) is 0.860. The lowest BCUT2D eigenvalue weighted by molar-refractivity contribution is -0.158. The van der Waals surface area contributed by atoms with Gasteiger partial charge in [-0.15, -0.1) is 0 Å². The third-order valence-corrected chi connectivity index (χ3v) is 6.48. The molecule has 1 saturated heterocycles. The Kier molecular flexibility index (Phi) is 4.32. The van der Waals surface area contributed by atoms with Crippen LogP contribution in [0.2, 0.25) is 0 Å². The summed E-state index contributed by atoms with van der Waals surface area (Å²) in [6.45, 7) is 4.49. The maximum absolute atomic E-state index is 13.3. The van der Waals surface area contributed by atoms with Crippen molar-refractivity contribution in [1.82, 2.24) is 10.2 Å². The summed E-state index contributed by atoms with van der Waals surface area (Å²) in [5, 5.41) is 15.0. The van der Waals surface area contributed by atoms with Crippen molar-refractivity contribution in [2.75, 3.05) is 19.6 Å². The van der Waals surface area contributed by atoms with Crippen molar-refractivity contribution in [3.8, 4) is 0 Å². The first-order chi connectivity index (χ1) is 12.1. The number of hydrogen-bond donors (Lipinski definition) is 2. The van der Waals surface area contributed by atoms with Crippen LogP contribution in [0.4, 0.5) is 4.39 Å². The molecule has 0 aromatic heterocycles. The van der Waals surface area contributed by atoms with Gasteiger partial charge in [-0.3, -0.25) is 4.79 Å². The van der Waals surface area contributed by atoms with Gasteiger partial charge in [0.15, 0.2) is 5.60 Å². The molecule has 3 unspecified atom stereocenters. The fourth-order valence-electron chi connectivity index (χ4n) is 5.05. The summed E-state index contributed by atoms with van der Waals surface area (Å²) in [6, 6.07) is 6.35. The van der Waals surface area contributed by atoms with Gasteiger partial charge in [0.2, 0.25) is 0 Å². The second-order valence-corrected chi connectivity index (χ2v) is 7.88. The van der Waals surface area contributed by atoms with E-state index in [1.807, 2.05) is 4.90 Å². The molecule has 0 radical (unpaired) electrons. The van der Waals surface area contributed by atoms with Crippen molar-refractivity contribution in [3.05, 3.63) is 35.6 Å². The van der Waals surface area contributed by atoms with Crippen molar-refractivity contribution in [3.63, 3.8) is 0 Å². The summed E-state index contributed by atoms with van der Waals surface area (Å²) in [5.74, 6) is 0.427. The number of amides is 1. The predicted octanol–water partition coefficient (Wildman–Crippen LogP) is 2.27. The fourth-order valence-corrected chi connectivity index (χ4v) is 5.05. The first-order valence-corrected chi connectivity index (χ1v) is 9.57. The zero-order valence-corrected chi connectivity index (χ0v) is 14.7. The zero-order valence-electron chi connectivity index (χ0n) is 14.7. The lowest BCUT2D eigenvalue weighted by Gasteiger charge is -2.37. The van der Waals surface area contributed by atoms with Gasteiger partial charge < -0.3 is 15.3 Å². The highest BCUT2D eigenvalue weighted by atomic mass is 19.1. The predicted molar refractivity (Wildman–Crippen MR) is 93.3 cm³/mol. The van der Waals surface area contributed by atoms with E-state index in [4.69, 9.17) is 0 Å². The third kappa shape index (κ3) is 2.77. The monoisotopic (exact) mass is 346 g/mol. The number of likely N-dealkylation sites (tertiary alicyclic amines) is 1. The van der Waals surface area contributed by atoms with Gasteiger partial charge in [-0.25, -0.2) is 4.39 Å². The van der Waals surface area contributed by atoms with Crippen LogP contribution in [0, 0.1) is 23.6 Å². The highest BCUT2D eigenvalue weighted by molar-refractivity contribution is 5.87. The number of benzene rings is 1. The van der Waals surface area contributed by atoms with Crippen molar-refractivity contribution < 1.29 is 14.3 Å². The molecule has 2 aliphatic carbocycles. The molecule has 3 atom stereocenters. The molecule has 4 nitrogen and oxygen atoms in total. The number of hydrogen-bond acceptors (Lipinski definition) is 3. The minimum Gasteiger partial charge on any atom is -0.375 e. The van der Waals surface area contributed by atoms with Crippen LogP contribution in [-0.4, -0.2) is 41.6 Å². The number of piperidine rings is 1. The van der Waals surface area contributed by atoms with Gasteiger partial charge in [0, 0.05) is 25.0 Å². The number of nitrogens with zero attached hydrogens (tertiary/aromatic N) is 1. The summed E-state index contributed by atoms with van der Waals surface area (Å²) < 4.78 is 13.3. The maximum Gasteiger partial charge on any atom is 0.259 e. The SMILES string of the molecule is CCNC1C2CN(C(=O)C(O)(c3ccc(F)cc3)C3CCCC3)CC21. The normalized spacial score (nSPS) is 31.0. The van der Waals surface area contributed by atoms with Crippen LogP contribution in [0.15, 0.2) is 24.3 Å². The number of halogens is 1. The molecule has 5 heteroatoms. The summed E-state index contributed by atoms with van der Waals surface area (Å²) in [5.41, 5.74) is -0.983. The number of nitrogens with one attached hydrogen (secondary N) is 1. The van der Waals surface area contributed by atoms with E-state index in [1.54, 1.807) is 12.1 Å². The average molecular weight is 346 g/mol. The Hall–Kier alpha value is -1.46. The van der Waals surface area contributed by atoms with E-state index in [2.05, 4.69) is 12.2 Å². The fraction of sp³-hybridized carbons (Fsp3) is 0.650. The number of rotatable bonds is 5. The van der Waals surface area contributed by atoms with Crippen molar-refractivity contribution in [2.45, 2.75) is 44.2 Å². The van der Waals surface area contributed by atoms with E-state index in [1.165, 1.54) is 12.1 Å². The topological polar surface area (TPSA) is 52.6 Å². The molecule has 0 bridgehead atoms. The van der Waals surface area contributed by atoms with E-state index < -0.39 is 5.60 Å². The molecule has 1 heterocycles. The molecule has 1 aliphatic heterocycles. The minimum absolute atomic E-state index is 0.0769. The van der Waals surface area contributed by atoms with Crippen LogP contribution in [0.3, 0.4) is 0 Å². The number of aliphatic hydroxyl groups is 1. The molecule has 3 aliphatic rings. The molecular weight excluding hydrogens is 319 g/mol. The lowest BCUT2D eigenvalue weighted by Crippen LogP contribution is -2.51. The van der Waals surface area contributed by atoms with E-state index >= 15 is 0 Å². The van der Waals surface area contributed by atoms with E-state index in [0.717, 1.165) is 45.3 Å². The lowest BCUT2D eigenvalue weighted by atomic mass is 9.79. The van der Waals surface area contributed by atoms with Crippen LogP contribution in [0.25, 0.3) is 0 Å². The number of carbonyl (C=O) groups is 1. The van der Waals surface area contributed by atoms with Crippen molar-refractivity contribution >= 4 is 5.91 Å². The summed E-state index contributed by atoms with van der Waals surface area (Å²) >= 11 is 0. The van der Waals surface area contributed by atoms with Gasteiger partial charge >= 0.3 is 0 Å². The molecule has 4 rings (SSSR count). The van der Waals surface area contributed by atoms with Gasteiger partial charge in [0.25, 0.3) is 5.91 Å². The highest BCUT2D eigenvalue weighted by Crippen LogP contribution is 2.48. The van der Waals surface area contributed by atoms with E-state index in [-0.39, 0.29) is 17.6 Å². The molecule has 136 valence electrons. The zero-order chi connectivity index (χ0) is 17.6. The van der Waals surface area contributed by atoms with E-state index in [9.17, 15) is 14.3 Å². The average Bonchev–Trinajstić information content (AvgIpc) is 3.08. The second kappa shape index (κ2) is 6.36. The van der Waals surface area contributed by atoms with E-state index in [0.29, 0.717) is 23.4 Å². The second-order valence-electron chi connectivity index (χ2n) is 7.88. The van der Waals surface area contributed by atoms with Gasteiger partial charge in [-0.05, 0) is 48.9 Å². The number of fused-ring (bicyclic) bond motifs is 1. The first-order valence-electron chi connectivity index (χ1n) is 9.57. The standard InChI is InChI=1S/C20H27FN2O2/c1-2-22-18-16-11-23(12-17(16)18)19(24)20(25,13-5-3-4-6-13)14-7-9-15(21)10-8-14/h7-10,13,16-18,22,25H,2-6,11-12H2,1H3. The van der Waals surface area contributed by atoms with Crippen LogP contribution < -0.4 is 5.32 Å². The Morgan fingerprint density at radius 1 is 1.24 bits per heavy atom. The third-order valence-electron chi connectivity index (χ3n) is 6.48. The minimum atomic E-state index is -1.52. The Bertz CT molecular complexity index is 632. The molecular formula is C20H27FN2O2. The van der Waals surface area contributed by atoms with Crippen molar-refractivity contribution in [1.29, 1.82) is 0 Å². The largest absolute Gasteiger partial charge is 0.375 e. The number of carbonyl (C=O) groups excluding carboxylic acids is 1. The van der Waals surface area contributed by atoms with Crippen LogP contribution in [-0.2, 0) is 10.4 Å². The molecule has 1 aromatic rings. The van der Waals surface area contributed by atoms with Crippen molar-refractivity contribution in [2.24, 2.45) is 17.8 Å². The molecule has 2 saturated carbocycles. The Balaban J connectivity index is 1.56. The van der Waals surface area contributed by atoms with Gasteiger partial charge in [-0.2, -0.15) is 0 Å². The van der Waals surface area contributed by atoms with Gasteiger partial charge in [0.05, 0.1) is 0 Å². The molecule has 1 amide bonds. The maximum atomic E-state index is 13.3. The Morgan fingerprint density at radius 3 is 2.40 bits per heavy atom. The van der Waals surface area contributed by atoms with Crippen LogP contribution in [0.1, 0.15) is 38.2 Å². The molecule has 0 spiro atoms. The molecule has 2 N–H and O–H groups in total. The molecule has 25 heavy (non-hydrogen) atoms. The van der Waals surface area contributed by atoms with Gasteiger partial charge in [-0.1, -0.05) is 31.9 Å². The smallest absolute Gasteiger partial charge is 0.259 e. The molecule has 3 fully saturated rings. The Labute approximate surface area is 148 Å². The summed E-state index contributed by atoms with van der Waals surface area (Å²) in [4.78, 5) is 15.2. The summed E-state index contributed by atoms with van der Waals surface area (Å²) in [7, 11) is 0. The van der Waals surface area contributed by atoms with Gasteiger partial charge in [0.1, 0.15) is 5.82 Å². The van der Waals surface area contributed by atoms with Crippen LogP contribution in [0.5, 0.6) is 0 Å². The summed E-state index contributed by atoms with van der Waals surface area (Å²) in [6.07, 6.45) is 3.77.